The fourth-order valence-electron chi connectivity index (χ4n) is 1.70. The fraction of sp³-hybridized carbons (Fsp3) is 0.462. The van der Waals surface area contributed by atoms with E-state index in [9.17, 15) is 9.90 Å². The van der Waals surface area contributed by atoms with E-state index in [1.807, 2.05) is 26.8 Å². The van der Waals surface area contributed by atoms with Crippen molar-refractivity contribution < 1.29 is 9.90 Å². The molecule has 2 nitrogen and oxygen atoms in total. The molecule has 0 bridgehead atoms. The van der Waals surface area contributed by atoms with E-state index in [1.165, 1.54) is 0 Å². The smallest absolute Gasteiger partial charge is 0.120 e. The summed E-state index contributed by atoms with van der Waals surface area (Å²) >= 11 is 0. The third-order valence-electron chi connectivity index (χ3n) is 2.64. The fourth-order valence-corrected chi connectivity index (χ4v) is 1.70. The van der Waals surface area contributed by atoms with E-state index in [4.69, 9.17) is 0 Å². The Morgan fingerprint density at radius 1 is 1.40 bits per heavy atom. The number of rotatable bonds is 4. The highest BCUT2D eigenvalue weighted by molar-refractivity contribution is 5.51. The van der Waals surface area contributed by atoms with E-state index in [-0.39, 0.29) is 0 Å². The number of carbonyl (C=O) groups is 1. The maximum Gasteiger partial charge on any atom is 0.120 e. The Kier molecular flexibility index (Phi) is 3.89. The minimum atomic E-state index is 0.306. The van der Waals surface area contributed by atoms with Crippen LogP contribution in [0, 0.1) is 6.92 Å². The van der Waals surface area contributed by atoms with Crippen LogP contribution in [-0.4, -0.2) is 11.4 Å². The lowest BCUT2D eigenvalue weighted by Gasteiger charge is -2.12. The largest absolute Gasteiger partial charge is 0.508 e. The van der Waals surface area contributed by atoms with Gasteiger partial charge in [0.1, 0.15) is 12.0 Å². The summed E-state index contributed by atoms with van der Waals surface area (Å²) in [5, 5.41) is 9.74. The molecular weight excluding hydrogens is 188 g/mol. The second-order valence-corrected chi connectivity index (χ2v) is 4.20. The first-order valence-corrected chi connectivity index (χ1v) is 5.32. The van der Waals surface area contributed by atoms with Crippen LogP contribution in [0.2, 0.25) is 0 Å². The molecule has 0 atom stereocenters. The Bertz CT molecular complexity index is 354. The van der Waals surface area contributed by atoms with Crippen LogP contribution in [0.15, 0.2) is 12.1 Å². The molecule has 0 aromatic heterocycles. The summed E-state index contributed by atoms with van der Waals surface area (Å²) in [5.74, 6) is 0.665. The van der Waals surface area contributed by atoms with Crippen molar-refractivity contribution in [1.82, 2.24) is 0 Å². The maximum atomic E-state index is 10.3. The molecule has 0 amide bonds. The number of phenolic OH excluding ortho intramolecular Hbond substituents is 1. The Hall–Kier alpha value is -1.31. The molecular formula is C13H18O2. The van der Waals surface area contributed by atoms with Crippen LogP contribution >= 0.6 is 0 Å². The van der Waals surface area contributed by atoms with Crippen molar-refractivity contribution >= 4 is 6.29 Å². The molecule has 0 unspecified atom stereocenters. The molecule has 0 saturated heterocycles. The highest BCUT2D eigenvalue weighted by Gasteiger charge is 2.09. The molecule has 2 heteroatoms. The lowest BCUT2D eigenvalue weighted by molar-refractivity contribution is -0.107. The Morgan fingerprint density at radius 2 is 2.07 bits per heavy atom. The van der Waals surface area contributed by atoms with E-state index >= 15 is 0 Å². The number of aromatic hydroxyl groups is 1. The van der Waals surface area contributed by atoms with Gasteiger partial charge in [0.15, 0.2) is 0 Å². The van der Waals surface area contributed by atoms with Crippen LogP contribution in [0.4, 0.5) is 0 Å². The molecule has 0 saturated carbocycles. The number of carbonyl (C=O) groups excluding carboxylic acids is 1. The first-order chi connectivity index (χ1) is 7.06. The van der Waals surface area contributed by atoms with Gasteiger partial charge in [-0.3, -0.25) is 0 Å². The Morgan fingerprint density at radius 3 is 2.60 bits per heavy atom. The standard InChI is InChI=1S/C13H18O2/c1-9(2)12-8-11(5-4-6-14)10(3)7-13(12)15/h6-9,15H,4-5H2,1-3H3. The molecule has 0 heterocycles. The number of phenols is 1. The van der Waals surface area contributed by atoms with Gasteiger partial charge in [0.2, 0.25) is 0 Å². The maximum absolute atomic E-state index is 10.3. The van der Waals surface area contributed by atoms with Crippen LogP contribution in [-0.2, 0) is 11.2 Å². The number of hydrogen-bond acceptors (Lipinski definition) is 2. The summed E-state index contributed by atoms with van der Waals surface area (Å²) in [6.07, 6.45) is 2.24. The van der Waals surface area contributed by atoms with Crippen molar-refractivity contribution in [2.24, 2.45) is 0 Å². The Labute approximate surface area is 90.9 Å². The van der Waals surface area contributed by atoms with Crippen molar-refractivity contribution in [3.05, 3.63) is 28.8 Å². The third-order valence-corrected chi connectivity index (χ3v) is 2.64. The molecule has 0 spiro atoms. The summed E-state index contributed by atoms with van der Waals surface area (Å²) in [6, 6.07) is 3.80. The highest BCUT2D eigenvalue weighted by atomic mass is 16.3. The predicted molar refractivity (Wildman–Crippen MR) is 61.3 cm³/mol. The molecule has 0 aliphatic heterocycles. The molecule has 0 aliphatic carbocycles. The molecule has 0 radical (unpaired) electrons. The van der Waals surface area contributed by atoms with Gasteiger partial charge in [-0.15, -0.1) is 0 Å². The summed E-state index contributed by atoms with van der Waals surface area (Å²) < 4.78 is 0. The van der Waals surface area contributed by atoms with E-state index < -0.39 is 0 Å². The van der Waals surface area contributed by atoms with Gasteiger partial charge in [0, 0.05) is 6.42 Å². The summed E-state index contributed by atoms with van der Waals surface area (Å²) in [7, 11) is 0. The molecule has 1 N–H and O–H groups in total. The van der Waals surface area contributed by atoms with E-state index in [2.05, 4.69) is 0 Å². The average Bonchev–Trinajstić information content (AvgIpc) is 2.16. The van der Waals surface area contributed by atoms with Crippen LogP contribution in [0.3, 0.4) is 0 Å². The van der Waals surface area contributed by atoms with E-state index in [1.54, 1.807) is 6.07 Å². The SMILES string of the molecule is Cc1cc(O)c(C(C)C)cc1CCC=O. The van der Waals surface area contributed by atoms with Gasteiger partial charge < -0.3 is 9.90 Å². The zero-order chi connectivity index (χ0) is 11.4. The average molecular weight is 206 g/mol. The lowest BCUT2D eigenvalue weighted by Crippen LogP contribution is -1.96. The van der Waals surface area contributed by atoms with Gasteiger partial charge >= 0.3 is 0 Å². The molecule has 1 rings (SSSR count). The van der Waals surface area contributed by atoms with Crippen molar-refractivity contribution in [2.75, 3.05) is 0 Å². The number of aryl methyl sites for hydroxylation is 2. The van der Waals surface area contributed by atoms with Crippen LogP contribution in [0.1, 0.15) is 42.9 Å². The quantitative estimate of drug-likeness (QED) is 0.769. The van der Waals surface area contributed by atoms with Crippen molar-refractivity contribution in [3.63, 3.8) is 0 Å². The van der Waals surface area contributed by atoms with Gasteiger partial charge in [0.05, 0.1) is 0 Å². The zero-order valence-electron chi connectivity index (χ0n) is 9.58. The number of aldehydes is 1. The van der Waals surface area contributed by atoms with Gasteiger partial charge in [-0.25, -0.2) is 0 Å². The lowest BCUT2D eigenvalue weighted by atomic mass is 9.94. The van der Waals surface area contributed by atoms with E-state index in [0.29, 0.717) is 18.1 Å². The minimum absolute atomic E-state index is 0.306. The predicted octanol–water partition coefficient (Wildman–Crippen LogP) is 2.96. The number of hydrogen-bond donors (Lipinski definition) is 1. The van der Waals surface area contributed by atoms with Gasteiger partial charge in [-0.05, 0) is 42.0 Å². The van der Waals surface area contributed by atoms with Crippen LogP contribution < -0.4 is 0 Å². The summed E-state index contributed by atoms with van der Waals surface area (Å²) in [4.78, 5) is 10.3. The molecule has 0 fully saturated rings. The highest BCUT2D eigenvalue weighted by Crippen LogP contribution is 2.28. The van der Waals surface area contributed by atoms with Gasteiger partial charge in [0.25, 0.3) is 0 Å². The molecule has 15 heavy (non-hydrogen) atoms. The van der Waals surface area contributed by atoms with Crippen molar-refractivity contribution in [1.29, 1.82) is 0 Å². The normalized spacial score (nSPS) is 10.7. The molecule has 1 aromatic rings. The van der Waals surface area contributed by atoms with Gasteiger partial charge in [-0.2, -0.15) is 0 Å². The molecule has 82 valence electrons. The van der Waals surface area contributed by atoms with E-state index in [0.717, 1.165) is 29.4 Å². The second-order valence-electron chi connectivity index (χ2n) is 4.20. The third kappa shape index (κ3) is 2.82. The molecule has 0 aliphatic rings. The number of benzene rings is 1. The van der Waals surface area contributed by atoms with Crippen molar-refractivity contribution in [2.45, 2.75) is 39.5 Å². The van der Waals surface area contributed by atoms with Crippen molar-refractivity contribution in [3.8, 4) is 5.75 Å². The van der Waals surface area contributed by atoms with Gasteiger partial charge in [-0.1, -0.05) is 19.9 Å². The molecule has 1 aromatic carbocycles. The topological polar surface area (TPSA) is 37.3 Å². The Balaban J connectivity index is 3.05. The summed E-state index contributed by atoms with van der Waals surface area (Å²) in [6.45, 7) is 6.06. The summed E-state index contributed by atoms with van der Waals surface area (Å²) in [5.41, 5.74) is 3.17. The van der Waals surface area contributed by atoms with Crippen LogP contribution in [0.5, 0.6) is 5.75 Å². The van der Waals surface area contributed by atoms with Crippen LogP contribution in [0.25, 0.3) is 0 Å². The first kappa shape index (κ1) is 11.8. The monoisotopic (exact) mass is 206 g/mol. The minimum Gasteiger partial charge on any atom is -0.508 e. The first-order valence-electron chi connectivity index (χ1n) is 5.32. The second kappa shape index (κ2) is 4.96. The zero-order valence-corrected chi connectivity index (χ0v) is 9.58.